The highest BCUT2D eigenvalue weighted by Crippen LogP contribution is 2.39. The van der Waals surface area contributed by atoms with Gasteiger partial charge in [0.1, 0.15) is 6.61 Å². The molecule has 3 heteroatoms. The third-order valence-electron chi connectivity index (χ3n) is 4.96. The van der Waals surface area contributed by atoms with Gasteiger partial charge < -0.3 is 10.1 Å². The average molecular weight is 384 g/mol. The molecular weight excluding hydrogens is 346 g/mol. The van der Waals surface area contributed by atoms with Crippen LogP contribution in [0.5, 0.6) is 0 Å². The van der Waals surface area contributed by atoms with E-state index >= 15 is 0 Å². The van der Waals surface area contributed by atoms with Crippen molar-refractivity contribution >= 4 is 11.4 Å². The van der Waals surface area contributed by atoms with Crippen LogP contribution in [0.3, 0.4) is 0 Å². The van der Waals surface area contributed by atoms with Crippen LogP contribution in [-0.2, 0) is 16.1 Å². The normalized spacial score (nSPS) is 19.5. The Balaban J connectivity index is 0.00000190. The molecule has 1 N–H and O–H groups in total. The van der Waals surface area contributed by atoms with Gasteiger partial charge in [0.05, 0.1) is 6.04 Å². The van der Waals surface area contributed by atoms with E-state index in [0.29, 0.717) is 24.8 Å². The average Bonchev–Trinajstić information content (AvgIpc) is 2.68. The summed E-state index contributed by atoms with van der Waals surface area (Å²) in [6.45, 7) is 18.9. The van der Waals surface area contributed by atoms with E-state index in [1.165, 1.54) is 11.1 Å². The molecule has 0 saturated heterocycles. The summed E-state index contributed by atoms with van der Waals surface area (Å²) in [5, 5.41) is 3.16. The largest absolute Gasteiger partial charge is 0.475 e. The number of Topliss-reactive ketones (excluding diaryl/α,β-unsaturated/α-hetero) is 1. The Hall–Kier alpha value is -2.29. The molecule has 0 spiro atoms. The topological polar surface area (TPSA) is 38.3 Å². The Labute approximate surface area is 171 Å². The molecular formula is C25H37NO2. The van der Waals surface area contributed by atoms with Crippen molar-refractivity contribution in [2.45, 2.75) is 67.5 Å². The number of carbonyl (C=O) groups is 1. The van der Waals surface area contributed by atoms with E-state index in [-0.39, 0.29) is 17.2 Å². The molecule has 1 aromatic carbocycles. The molecule has 0 radical (unpaired) electrons. The first-order valence-corrected chi connectivity index (χ1v) is 10.3. The monoisotopic (exact) mass is 383 g/mol. The zero-order chi connectivity index (χ0) is 21.3. The Bertz CT molecular complexity index is 705. The van der Waals surface area contributed by atoms with Gasteiger partial charge in [0.15, 0.2) is 11.7 Å². The minimum atomic E-state index is -0.178. The van der Waals surface area contributed by atoms with Gasteiger partial charge in [-0.25, -0.2) is 0 Å². The van der Waals surface area contributed by atoms with E-state index in [2.05, 4.69) is 69.1 Å². The SMILES string of the molecule is C=C(NC1C(=O)CC1C(C)(C)C)OCc1ccc(C(/C=C\C)=C/C)cc1.CC. The Kier molecular flexibility index (Phi) is 9.24. The molecule has 1 aliphatic carbocycles. The summed E-state index contributed by atoms with van der Waals surface area (Å²) in [6.07, 6.45) is 6.86. The Morgan fingerprint density at radius 3 is 2.29 bits per heavy atom. The van der Waals surface area contributed by atoms with Crippen LogP contribution in [0.2, 0.25) is 0 Å². The Morgan fingerprint density at radius 1 is 1.21 bits per heavy atom. The number of hydrogen-bond donors (Lipinski definition) is 1. The van der Waals surface area contributed by atoms with Gasteiger partial charge in [0.2, 0.25) is 0 Å². The van der Waals surface area contributed by atoms with Crippen LogP contribution in [-0.4, -0.2) is 11.8 Å². The van der Waals surface area contributed by atoms with Crippen LogP contribution in [0.4, 0.5) is 0 Å². The van der Waals surface area contributed by atoms with Gasteiger partial charge in [0, 0.05) is 6.42 Å². The van der Waals surface area contributed by atoms with Gasteiger partial charge in [0.25, 0.3) is 0 Å². The summed E-state index contributed by atoms with van der Waals surface area (Å²) >= 11 is 0. The van der Waals surface area contributed by atoms with E-state index in [4.69, 9.17) is 4.74 Å². The number of ether oxygens (including phenoxy) is 1. The van der Waals surface area contributed by atoms with Crippen molar-refractivity contribution in [3.8, 4) is 0 Å². The lowest BCUT2D eigenvalue weighted by Gasteiger charge is -2.44. The minimum Gasteiger partial charge on any atom is -0.475 e. The van der Waals surface area contributed by atoms with Crippen molar-refractivity contribution in [2.24, 2.45) is 11.3 Å². The number of hydrogen-bond acceptors (Lipinski definition) is 3. The number of carbonyl (C=O) groups excluding carboxylic acids is 1. The first kappa shape index (κ1) is 23.7. The molecule has 1 aliphatic rings. The molecule has 154 valence electrons. The highest BCUT2D eigenvalue weighted by molar-refractivity contribution is 5.91. The van der Waals surface area contributed by atoms with Gasteiger partial charge in [-0.15, -0.1) is 0 Å². The summed E-state index contributed by atoms with van der Waals surface area (Å²) in [4.78, 5) is 11.9. The number of allylic oxidation sites excluding steroid dienone is 4. The van der Waals surface area contributed by atoms with Gasteiger partial charge in [-0.1, -0.05) is 77.1 Å². The molecule has 1 aromatic rings. The minimum absolute atomic E-state index is 0.0964. The summed E-state index contributed by atoms with van der Waals surface area (Å²) in [6, 6.07) is 8.12. The second-order valence-electron chi connectivity index (χ2n) is 7.92. The van der Waals surface area contributed by atoms with Crippen LogP contribution >= 0.6 is 0 Å². The van der Waals surface area contributed by atoms with E-state index in [1.54, 1.807) is 0 Å². The van der Waals surface area contributed by atoms with Crippen molar-refractivity contribution in [3.63, 3.8) is 0 Å². The summed E-state index contributed by atoms with van der Waals surface area (Å²) in [5.74, 6) is 1.02. The van der Waals surface area contributed by atoms with E-state index in [0.717, 1.165) is 5.56 Å². The fourth-order valence-electron chi connectivity index (χ4n) is 3.23. The lowest BCUT2D eigenvalue weighted by Crippen LogP contribution is -2.56. The first-order valence-electron chi connectivity index (χ1n) is 10.3. The van der Waals surface area contributed by atoms with E-state index in [1.807, 2.05) is 33.8 Å². The zero-order valence-corrected chi connectivity index (χ0v) is 18.6. The highest BCUT2D eigenvalue weighted by Gasteiger charge is 2.46. The molecule has 28 heavy (non-hydrogen) atoms. The summed E-state index contributed by atoms with van der Waals surface area (Å²) in [5.41, 5.74) is 3.54. The number of ketones is 1. The third-order valence-corrected chi connectivity index (χ3v) is 4.96. The van der Waals surface area contributed by atoms with Gasteiger partial charge in [-0.2, -0.15) is 0 Å². The van der Waals surface area contributed by atoms with Crippen LogP contribution in [0.1, 0.15) is 66.0 Å². The number of benzene rings is 1. The zero-order valence-electron chi connectivity index (χ0n) is 18.6. The molecule has 3 nitrogen and oxygen atoms in total. The number of rotatable bonds is 7. The maximum atomic E-state index is 11.9. The molecule has 2 unspecified atom stereocenters. The highest BCUT2D eigenvalue weighted by atomic mass is 16.5. The summed E-state index contributed by atoms with van der Waals surface area (Å²) in [7, 11) is 0. The third kappa shape index (κ3) is 6.40. The molecule has 1 fully saturated rings. The van der Waals surface area contributed by atoms with Crippen LogP contribution in [0, 0.1) is 11.3 Å². The van der Waals surface area contributed by atoms with Gasteiger partial charge in [-0.05, 0) is 48.5 Å². The standard InChI is InChI=1S/C23H31NO2.C2H6/c1-7-9-18(8-2)19-12-10-17(11-13-19)15-26-16(3)24-22-20(14-21(22)25)23(4,5)6;1-2/h7-13,20,22,24H,3,14-15H2,1-2,4-6H3;1-2H3/b9-7-,18-8+;. The predicted molar refractivity (Wildman–Crippen MR) is 120 cm³/mol. The van der Waals surface area contributed by atoms with Gasteiger partial charge >= 0.3 is 0 Å². The lowest BCUT2D eigenvalue weighted by molar-refractivity contribution is -0.134. The van der Waals surface area contributed by atoms with Gasteiger partial charge in [-0.3, -0.25) is 4.79 Å². The Morgan fingerprint density at radius 2 is 1.82 bits per heavy atom. The van der Waals surface area contributed by atoms with E-state index < -0.39 is 0 Å². The summed E-state index contributed by atoms with van der Waals surface area (Å²) < 4.78 is 5.73. The fraction of sp³-hybridized carbons (Fsp3) is 0.480. The van der Waals surface area contributed by atoms with Crippen molar-refractivity contribution in [3.05, 3.63) is 66.1 Å². The van der Waals surface area contributed by atoms with Crippen molar-refractivity contribution < 1.29 is 9.53 Å². The number of nitrogens with one attached hydrogen (secondary N) is 1. The van der Waals surface area contributed by atoms with Crippen molar-refractivity contribution in [1.82, 2.24) is 5.32 Å². The molecule has 0 bridgehead atoms. The molecule has 0 amide bonds. The van der Waals surface area contributed by atoms with Crippen LogP contribution in [0.15, 0.2) is 55.0 Å². The van der Waals surface area contributed by atoms with Crippen molar-refractivity contribution in [2.75, 3.05) is 0 Å². The molecule has 2 rings (SSSR count). The molecule has 2 atom stereocenters. The smallest absolute Gasteiger partial charge is 0.180 e. The predicted octanol–water partition coefficient (Wildman–Crippen LogP) is 6.27. The first-order chi connectivity index (χ1) is 13.3. The maximum absolute atomic E-state index is 11.9. The van der Waals surface area contributed by atoms with Crippen LogP contribution < -0.4 is 5.32 Å². The molecule has 0 aliphatic heterocycles. The quantitative estimate of drug-likeness (QED) is 0.445. The van der Waals surface area contributed by atoms with E-state index in [9.17, 15) is 4.79 Å². The second-order valence-corrected chi connectivity index (χ2v) is 7.92. The molecule has 1 saturated carbocycles. The van der Waals surface area contributed by atoms with Crippen LogP contribution in [0.25, 0.3) is 5.57 Å². The lowest BCUT2D eigenvalue weighted by atomic mass is 9.64. The molecule has 0 aromatic heterocycles. The fourth-order valence-corrected chi connectivity index (χ4v) is 3.23. The van der Waals surface area contributed by atoms with Crippen molar-refractivity contribution in [1.29, 1.82) is 0 Å². The maximum Gasteiger partial charge on any atom is 0.180 e. The molecule has 0 heterocycles. The second kappa shape index (κ2) is 10.9.